The van der Waals surface area contributed by atoms with E-state index in [4.69, 9.17) is 11.6 Å². The Kier molecular flexibility index (Phi) is 3.70. The first-order valence-electron chi connectivity index (χ1n) is 7.27. The first-order chi connectivity index (χ1) is 10.8. The number of piperazine rings is 1. The van der Waals surface area contributed by atoms with Gasteiger partial charge in [-0.3, -0.25) is 0 Å². The van der Waals surface area contributed by atoms with Gasteiger partial charge in [0.1, 0.15) is 12.1 Å². The normalized spacial score (nSPS) is 15.4. The summed E-state index contributed by atoms with van der Waals surface area (Å²) in [5.41, 5.74) is 1.95. The minimum Gasteiger partial charge on any atom is -0.353 e. The zero-order chi connectivity index (χ0) is 14.9. The van der Waals surface area contributed by atoms with Crippen molar-refractivity contribution in [2.45, 2.75) is 0 Å². The van der Waals surface area contributed by atoms with Gasteiger partial charge in [-0.1, -0.05) is 17.7 Å². The number of hydrogen-bond acceptors (Lipinski definition) is 5. The van der Waals surface area contributed by atoms with Gasteiger partial charge < -0.3 is 10.2 Å². The minimum atomic E-state index is 0.736. The highest BCUT2D eigenvalue weighted by Crippen LogP contribution is 2.36. The van der Waals surface area contributed by atoms with Crippen LogP contribution >= 0.6 is 22.9 Å². The van der Waals surface area contributed by atoms with Gasteiger partial charge in [0.25, 0.3) is 0 Å². The summed E-state index contributed by atoms with van der Waals surface area (Å²) in [5, 5.41) is 7.24. The van der Waals surface area contributed by atoms with Gasteiger partial charge in [-0.25, -0.2) is 9.97 Å². The fraction of sp³-hybridized carbons (Fsp3) is 0.250. The molecule has 6 heteroatoms. The second kappa shape index (κ2) is 5.83. The first-order valence-corrected chi connectivity index (χ1v) is 8.52. The van der Waals surface area contributed by atoms with E-state index in [1.807, 2.05) is 12.1 Å². The SMILES string of the molecule is Clc1cc2ncnc(N3CCNCC3)c2cc1-c1cccs1. The molecule has 22 heavy (non-hydrogen) atoms. The Labute approximate surface area is 137 Å². The van der Waals surface area contributed by atoms with Crippen LogP contribution in [-0.2, 0) is 0 Å². The summed E-state index contributed by atoms with van der Waals surface area (Å²) < 4.78 is 0. The Morgan fingerprint density at radius 1 is 1.18 bits per heavy atom. The van der Waals surface area contributed by atoms with E-state index in [0.717, 1.165) is 53.5 Å². The minimum absolute atomic E-state index is 0.736. The number of benzene rings is 1. The van der Waals surface area contributed by atoms with Gasteiger partial charge in [-0.05, 0) is 23.6 Å². The van der Waals surface area contributed by atoms with E-state index in [-0.39, 0.29) is 0 Å². The lowest BCUT2D eigenvalue weighted by Gasteiger charge is -2.29. The maximum Gasteiger partial charge on any atom is 0.139 e. The van der Waals surface area contributed by atoms with Crippen molar-refractivity contribution in [1.82, 2.24) is 15.3 Å². The zero-order valence-electron chi connectivity index (χ0n) is 11.9. The van der Waals surface area contributed by atoms with Crippen molar-refractivity contribution in [3.63, 3.8) is 0 Å². The van der Waals surface area contributed by atoms with Crippen molar-refractivity contribution in [2.24, 2.45) is 0 Å². The Bertz CT molecular complexity index is 797. The van der Waals surface area contributed by atoms with Crippen LogP contribution in [-0.4, -0.2) is 36.1 Å². The van der Waals surface area contributed by atoms with Gasteiger partial charge >= 0.3 is 0 Å². The standard InChI is InChI=1S/C16H15ClN4S/c17-13-9-14-12(8-11(13)15-2-1-7-22-15)16(20-10-19-14)21-5-3-18-4-6-21/h1-2,7-10,18H,3-6H2. The second-order valence-electron chi connectivity index (χ2n) is 5.26. The molecular formula is C16H15ClN4S. The molecule has 4 rings (SSSR count). The third kappa shape index (κ3) is 2.45. The third-order valence-corrected chi connectivity index (χ3v) is 5.12. The molecular weight excluding hydrogens is 316 g/mol. The number of fused-ring (bicyclic) bond motifs is 1. The molecule has 1 aliphatic rings. The highest BCUT2D eigenvalue weighted by atomic mass is 35.5. The van der Waals surface area contributed by atoms with Crippen molar-refractivity contribution >= 4 is 39.7 Å². The number of hydrogen-bond donors (Lipinski definition) is 1. The molecule has 4 nitrogen and oxygen atoms in total. The van der Waals surface area contributed by atoms with Crippen molar-refractivity contribution < 1.29 is 0 Å². The van der Waals surface area contributed by atoms with E-state index in [1.165, 1.54) is 4.88 Å². The largest absolute Gasteiger partial charge is 0.353 e. The molecule has 2 aromatic heterocycles. The number of anilines is 1. The summed E-state index contributed by atoms with van der Waals surface area (Å²) in [6.07, 6.45) is 1.63. The predicted molar refractivity (Wildman–Crippen MR) is 92.9 cm³/mol. The molecule has 0 saturated carbocycles. The van der Waals surface area contributed by atoms with Gasteiger partial charge in [0.05, 0.1) is 10.5 Å². The molecule has 3 heterocycles. The third-order valence-electron chi connectivity index (χ3n) is 3.91. The van der Waals surface area contributed by atoms with E-state index < -0.39 is 0 Å². The molecule has 1 fully saturated rings. The summed E-state index contributed by atoms with van der Waals surface area (Å²) in [7, 11) is 0. The van der Waals surface area contributed by atoms with E-state index in [0.29, 0.717) is 0 Å². The maximum atomic E-state index is 6.46. The zero-order valence-corrected chi connectivity index (χ0v) is 13.5. The van der Waals surface area contributed by atoms with Crippen LogP contribution in [0.5, 0.6) is 0 Å². The van der Waals surface area contributed by atoms with Crippen LogP contribution < -0.4 is 10.2 Å². The topological polar surface area (TPSA) is 41.1 Å². The average molecular weight is 331 g/mol. The quantitative estimate of drug-likeness (QED) is 0.781. The molecule has 1 N–H and O–H groups in total. The highest BCUT2D eigenvalue weighted by Gasteiger charge is 2.17. The fourth-order valence-electron chi connectivity index (χ4n) is 2.81. The van der Waals surface area contributed by atoms with Crippen LogP contribution in [0.2, 0.25) is 5.02 Å². The summed E-state index contributed by atoms with van der Waals surface area (Å²) in [5.74, 6) is 1.00. The average Bonchev–Trinajstić information content (AvgIpc) is 3.08. The Morgan fingerprint density at radius 2 is 2.05 bits per heavy atom. The summed E-state index contributed by atoms with van der Waals surface area (Å²) in [4.78, 5) is 12.4. The Balaban J connectivity index is 1.89. The lowest BCUT2D eigenvalue weighted by molar-refractivity contribution is 0.586. The van der Waals surface area contributed by atoms with Crippen LogP contribution in [0.1, 0.15) is 0 Å². The van der Waals surface area contributed by atoms with Crippen LogP contribution in [0.3, 0.4) is 0 Å². The first kappa shape index (κ1) is 13.9. The molecule has 0 aliphatic carbocycles. The molecule has 0 atom stereocenters. The molecule has 0 radical (unpaired) electrons. The molecule has 112 valence electrons. The van der Waals surface area contributed by atoms with Crippen molar-refractivity contribution in [2.75, 3.05) is 31.1 Å². The van der Waals surface area contributed by atoms with Gasteiger partial charge in [-0.2, -0.15) is 0 Å². The van der Waals surface area contributed by atoms with Crippen molar-refractivity contribution in [3.05, 3.63) is 41.0 Å². The highest BCUT2D eigenvalue weighted by molar-refractivity contribution is 7.13. The molecule has 0 spiro atoms. The fourth-order valence-corrected chi connectivity index (χ4v) is 3.89. The molecule has 1 aliphatic heterocycles. The number of rotatable bonds is 2. The Hall–Kier alpha value is -1.69. The molecule has 1 aromatic carbocycles. The predicted octanol–water partition coefficient (Wildman–Crippen LogP) is 3.42. The summed E-state index contributed by atoms with van der Waals surface area (Å²) in [6, 6.07) is 8.20. The molecule has 0 amide bonds. The number of nitrogens with one attached hydrogen (secondary N) is 1. The van der Waals surface area contributed by atoms with Crippen LogP contribution in [0.4, 0.5) is 5.82 Å². The summed E-state index contributed by atoms with van der Waals surface area (Å²) in [6.45, 7) is 3.89. The van der Waals surface area contributed by atoms with E-state index >= 15 is 0 Å². The molecule has 0 bridgehead atoms. The lowest BCUT2D eigenvalue weighted by Crippen LogP contribution is -2.44. The number of halogens is 1. The number of nitrogens with zero attached hydrogens (tertiary/aromatic N) is 3. The van der Waals surface area contributed by atoms with Crippen molar-refractivity contribution in [3.8, 4) is 10.4 Å². The van der Waals surface area contributed by atoms with Crippen LogP contribution in [0, 0.1) is 0 Å². The smallest absolute Gasteiger partial charge is 0.139 e. The summed E-state index contributed by atoms with van der Waals surface area (Å²) >= 11 is 8.15. The van der Waals surface area contributed by atoms with Gasteiger partial charge in [0.15, 0.2) is 0 Å². The van der Waals surface area contributed by atoms with Crippen molar-refractivity contribution in [1.29, 1.82) is 0 Å². The molecule has 1 saturated heterocycles. The molecule has 3 aromatic rings. The monoisotopic (exact) mass is 330 g/mol. The van der Waals surface area contributed by atoms with Gasteiger partial charge in [0, 0.05) is 42.0 Å². The Morgan fingerprint density at radius 3 is 2.82 bits per heavy atom. The van der Waals surface area contributed by atoms with Gasteiger partial charge in [0.2, 0.25) is 0 Å². The van der Waals surface area contributed by atoms with E-state index in [9.17, 15) is 0 Å². The lowest BCUT2D eigenvalue weighted by atomic mass is 10.1. The number of aromatic nitrogens is 2. The maximum absolute atomic E-state index is 6.46. The van der Waals surface area contributed by atoms with Crippen LogP contribution in [0.15, 0.2) is 36.0 Å². The van der Waals surface area contributed by atoms with Crippen LogP contribution in [0.25, 0.3) is 21.3 Å². The van der Waals surface area contributed by atoms with E-state index in [2.05, 4.69) is 37.7 Å². The van der Waals surface area contributed by atoms with E-state index in [1.54, 1.807) is 17.7 Å². The second-order valence-corrected chi connectivity index (χ2v) is 6.62. The number of thiophene rings is 1. The molecule has 0 unspecified atom stereocenters. The van der Waals surface area contributed by atoms with Gasteiger partial charge in [-0.15, -0.1) is 11.3 Å².